The molecule has 3 aromatic rings. The fourth-order valence-electron chi connectivity index (χ4n) is 4.33. The number of carbonyl (C=O) groups excluding carboxylic acids is 2. The number of hydrogen-bond donors (Lipinski definition) is 3. The fraction of sp³-hybridized carbons (Fsp3) is 0.355. The summed E-state index contributed by atoms with van der Waals surface area (Å²) in [6.45, 7) is 7.34. The van der Waals surface area contributed by atoms with Crippen molar-refractivity contribution in [1.29, 1.82) is 0 Å². The van der Waals surface area contributed by atoms with Gasteiger partial charge in [-0.05, 0) is 55.3 Å². The van der Waals surface area contributed by atoms with Gasteiger partial charge in [-0.1, -0.05) is 60.2 Å². The van der Waals surface area contributed by atoms with E-state index in [1.165, 1.54) is 5.56 Å². The Balaban J connectivity index is 1.27. The molecule has 3 amide bonds. The molecule has 0 saturated carbocycles. The molecule has 1 aliphatic rings. The third-order valence-electron chi connectivity index (χ3n) is 6.60. The predicted octanol–water partition coefficient (Wildman–Crippen LogP) is 4.15. The number of hydrogen-bond acceptors (Lipinski definition) is 5. The van der Waals surface area contributed by atoms with Crippen molar-refractivity contribution >= 4 is 17.6 Å². The molecule has 8 nitrogen and oxygen atoms in total. The van der Waals surface area contributed by atoms with Crippen LogP contribution in [-0.4, -0.2) is 62.3 Å². The first-order chi connectivity index (χ1) is 19.0. The van der Waals surface area contributed by atoms with Crippen molar-refractivity contribution in [2.24, 2.45) is 0 Å². The number of rotatable bonds is 12. The number of nitrogens with zero attached hydrogens (tertiary/aromatic N) is 1. The highest BCUT2D eigenvalue weighted by Gasteiger charge is 2.21. The fourth-order valence-corrected chi connectivity index (χ4v) is 4.33. The third-order valence-corrected chi connectivity index (χ3v) is 6.60. The average molecular weight is 531 g/mol. The Kier molecular flexibility index (Phi) is 10.7. The van der Waals surface area contributed by atoms with Gasteiger partial charge in [0.15, 0.2) is 0 Å². The second-order valence-corrected chi connectivity index (χ2v) is 9.74. The molecular formula is C31H38N4O4. The van der Waals surface area contributed by atoms with Crippen LogP contribution in [0.2, 0.25) is 0 Å². The molecule has 3 N–H and O–H groups in total. The van der Waals surface area contributed by atoms with Crippen LogP contribution in [0.4, 0.5) is 10.5 Å². The van der Waals surface area contributed by atoms with Crippen LogP contribution in [0.15, 0.2) is 78.9 Å². The zero-order valence-electron chi connectivity index (χ0n) is 22.5. The number of ether oxygens (including phenoxy) is 2. The molecular weight excluding hydrogens is 492 g/mol. The van der Waals surface area contributed by atoms with Crippen LogP contribution < -0.4 is 20.7 Å². The summed E-state index contributed by atoms with van der Waals surface area (Å²) in [6.07, 6.45) is 1.24. The Bertz CT molecular complexity index is 1160. The highest BCUT2D eigenvalue weighted by molar-refractivity contribution is 5.93. The Hall–Kier alpha value is -3.88. The van der Waals surface area contributed by atoms with Crippen molar-refractivity contribution in [2.45, 2.75) is 32.4 Å². The van der Waals surface area contributed by atoms with E-state index in [4.69, 9.17) is 9.47 Å². The van der Waals surface area contributed by atoms with Gasteiger partial charge in [0.2, 0.25) is 5.91 Å². The number of anilines is 1. The van der Waals surface area contributed by atoms with Gasteiger partial charge in [0, 0.05) is 31.7 Å². The lowest BCUT2D eigenvalue weighted by atomic mass is 10.1. The van der Waals surface area contributed by atoms with Gasteiger partial charge in [0.05, 0.1) is 13.2 Å². The summed E-state index contributed by atoms with van der Waals surface area (Å²) in [5.74, 6) is 0.510. The molecule has 0 bridgehead atoms. The minimum Gasteiger partial charge on any atom is -0.489 e. The van der Waals surface area contributed by atoms with Crippen molar-refractivity contribution in [1.82, 2.24) is 15.5 Å². The van der Waals surface area contributed by atoms with Gasteiger partial charge in [0.1, 0.15) is 18.4 Å². The van der Waals surface area contributed by atoms with Crippen molar-refractivity contribution < 1.29 is 19.1 Å². The normalized spacial score (nSPS) is 14.3. The first-order valence-corrected chi connectivity index (χ1v) is 13.5. The van der Waals surface area contributed by atoms with E-state index in [-0.39, 0.29) is 5.91 Å². The van der Waals surface area contributed by atoms with E-state index in [0.29, 0.717) is 31.0 Å². The topological polar surface area (TPSA) is 91.9 Å². The standard InChI is InChI=1S/C31H38N4O4/c1-24-8-10-26(11-9-24)23-39-28-14-12-27(13-15-28)33-31(37)34-29(22-25-6-3-2-4-7-25)30(36)32-16-5-17-35-18-20-38-21-19-35/h2-4,6-15,29H,5,16-23H2,1H3,(H,32,36)(H2,33,34,37)/t29-/m0/s1. The molecule has 8 heteroatoms. The van der Waals surface area contributed by atoms with E-state index in [0.717, 1.165) is 50.4 Å². The summed E-state index contributed by atoms with van der Waals surface area (Å²) < 4.78 is 11.2. The summed E-state index contributed by atoms with van der Waals surface area (Å²) in [5.41, 5.74) is 3.88. The van der Waals surface area contributed by atoms with Crippen LogP contribution in [0.3, 0.4) is 0 Å². The second-order valence-electron chi connectivity index (χ2n) is 9.74. The lowest BCUT2D eigenvalue weighted by Crippen LogP contribution is -2.49. The summed E-state index contributed by atoms with van der Waals surface area (Å²) in [5, 5.41) is 8.67. The van der Waals surface area contributed by atoms with Gasteiger partial charge in [-0.15, -0.1) is 0 Å². The quantitative estimate of drug-likeness (QED) is 0.306. The van der Waals surface area contributed by atoms with E-state index >= 15 is 0 Å². The maximum absolute atomic E-state index is 13.0. The van der Waals surface area contributed by atoms with E-state index in [9.17, 15) is 9.59 Å². The smallest absolute Gasteiger partial charge is 0.319 e. The van der Waals surface area contributed by atoms with Crippen molar-refractivity contribution in [3.8, 4) is 5.75 Å². The Morgan fingerprint density at radius 1 is 0.923 bits per heavy atom. The Morgan fingerprint density at radius 3 is 2.36 bits per heavy atom. The van der Waals surface area contributed by atoms with Crippen LogP contribution in [0, 0.1) is 6.92 Å². The summed E-state index contributed by atoms with van der Waals surface area (Å²) in [6, 6.07) is 23.9. The molecule has 1 saturated heterocycles. The highest BCUT2D eigenvalue weighted by Crippen LogP contribution is 2.17. The maximum Gasteiger partial charge on any atom is 0.319 e. The van der Waals surface area contributed by atoms with Gasteiger partial charge in [-0.3, -0.25) is 9.69 Å². The van der Waals surface area contributed by atoms with E-state index in [1.807, 2.05) is 54.6 Å². The van der Waals surface area contributed by atoms with Crippen molar-refractivity contribution in [3.63, 3.8) is 0 Å². The molecule has 1 heterocycles. The number of benzene rings is 3. The molecule has 1 fully saturated rings. The molecule has 0 aliphatic carbocycles. The summed E-state index contributed by atoms with van der Waals surface area (Å²) in [7, 11) is 0. The number of carbonyl (C=O) groups is 2. The first-order valence-electron chi connectivity index (χ1n) is 13.5. The van der Waals surface area contributed by atoms with E-state index < -0.39 is 12.1 Å². The number of nitrogens with one attached hydrogen (secondary N) is 3. The van der Waals surface area contributed by atoms with Crippen LogP contribution in [0.1, 0.15) is 23.1 Å². The highest BCUT2D eigenvalue weighted by atomic mass is 16.5. The lowest BCUT2D eigenvalue weighted by molar-refractivity contribution is -0.122. The van der Waals surface area contributed by atoms with Crippen molar-refractivity contribution in [3.05, 3.63) is 95.6 Å². The van der Waals surface area contributed by atoms with Crippen molar-refractivity contribution in [2.75, 3.05) is 44.7 Å². The Labute approximate surface area is 230 Å². The number of aryl methyl sites for hydroxylation is 1. The molecule has 1 aliphatic heterocycles. The maximum atomic E-state index is 13.0. The monoisotopic (exact) mass is 530 g/mol. The molecule has 1 atom stereocenters. The SMILES string of the molecule is Cc1ccc(COc2ccc(NC(=O)N[C@@H](Cc3ccccc3)C(=O)NCCCN3CCOCC3)cc2)cc1. The van der Waals surface area contributed by atoms with Gasteiger partial charge in [-0.25, -0.2) is 4.79 Å². The third kappa shape index (κ3) is 9.74. The Morgan fingerprint density at radius 2 is 1.64 bits per heavy atom. The van der Waals surface area contributed by atoms with Gasteiger partial charge in [-0.2, -0.15) is 0 Å². The number of morpholine rings is 1. The number of amides is 3. The van der Waals surface area contributed by atoms with Crippen LogP contribution in [-0.2, 0) is 22.6 Å². The molecule has 0 unspecified atom stereocenters. The molecule has 0 aromatic heterocycles. The minimum atomic E-state index is -0.701. The summed E-state index contributed by atoms with van der Waals surface area (Å²) >= 11 is 0. The zero-order valence-corrected chi connectivity index (χ0v) is 22.5. The first kappa shape index (κ1) is 28.1. The lowest BCUT2D eigenvalue weighted by Gasteiger charge is -2.26. The van der Waals surface area contributed by atoms with Crippen LogP contribution in [0.5, 0.6) is 5.75 Å². The predicted molar refractivity (Wildman–Crippen MR) is 153 cm³/mol. The molecule has 4 rings (SSSR count). The molecule has 0 radical (unpaired) electrons. The molecule has 3 aromatic carbocycles. The average Bonchev–Trinajstić information content (AvgIpc) is 2.96. The largest absolute Gasteiger partial charge is 0.489 e. The number of urea groups is 1. The zero-order chi connectivity index (χ0) is 27.3. The van der Waals surface area contributed by atoms with Crippen LogP contribution in [0.25, 0.3) is 0 Å². The summed E-state index contributed by atoms with van der Waals surface area (Å²) in [4.78, 5) is 28.2. The molecule has 39 heavy (non-hydrogen) atoms. The van der Waals surface area contributed by atoms with E-state index in [1.54, 1.807) is 12.1 Å². The minimum absolute atomic E-state index is 0.198. The van der Waals surface area contributed by atoms with Gasteiger partial charge >= 0.3 is 6.03 Å². The van der Waals surface area contributed by atoms with E-state index in [2.05, 4.69) is 39.9 Å². The van der Waals surface area contributed by atoms with Gasteiger partial charge < -0.3 is 25.4 Å². The van der Waals surface area contributed by atoms with Crippen LogP contribution >= 0.6 is 0 Å². The molecule has 206 valence electrons. The van der Waals surface area contributed by atoms with Gasteiger partial charge in [0.25, 0.3) is 0 Å². The second kappa shape index (κ2) is 14.9. The molecule has 0 spiro atoms.